The van der Waals surface area contributed by atoms with Crippen molar-refractivity contribution in [2.24, 2.45) is 11.8 Å². The van der Waals surface area contributed by atoms with Crippen molar-refractivity contribution in [3.8, 4) is 0 Å². The Hall–Kier alpha value is -1.79. The van der Waals surface area contributed by atoms with E-state index >= 15 is 0 Å². The molecule has 0 N–H and O–H groups in total. The quantitative estimate of drug-likeness (QED) is 0.738. The summed E-state index contributed by atoms with van der Waals surface area (Å²) in [6.45, 7) is 2.22. The highest BCUT2D eigenvalue weighted by atomic mass is 16.7. The monoisotopic (exact) mass is 313 g/mol. The molecule has 1 saturated carbocycles. The molecule has 0 unspecified atom stereocenters. The van der Waals surface area contributed by atoms with Crippen LogP contribution in [0.5, 0.6) is 0 Å². The summed E-state index contributed by atoms with van der Waals surface area (Å²) in [5, 5.41) is 0. The number of hydrogen-bond donors (Lipinski definition) is 0. The van der Waals surface area contributed by atoms with E-state index in [0.717, 1.165) is 6.42 Å². The molecule has 7 nitrogen and oxygen atoms in total. The maximum Gasteiger partial charge on any atom is 0.507 e. The molecule has 2 bridgehead atoms. The summed E-state index contributed by atoms with van der Waals surface area (Å²) in [5.41, 5.74) is 0. The molecule has 0 aromatic heterocycles. The fourth-order valence-electron chi connectivity index (χ4n) is 3.97. The van der Waals surface area contributed by atoms with Gasteiger partial charge in [0.15, 0.2) is 0 Å². The SMILES string of the molecule is CC[C@@H]1[C@@H]2CC(=O)C[C@H]1N(C(=O)OC)[C@@H]2CCOC(=O)OC. The predicted octanol–water partition coefficient (Wildman–Crippen LogP) is 1.98. The zero-order valence-electron chi connectivity index (χ0n) is 13.2. The van der Waals surface area contributed by atoms with Crippen LogP contribution < -0.4 is 0 Å². The number of nitrogens with zero attached hydrogens (tertiary/aromatic N) is 1. The third-order valence-corrected chi connectivity index (χ3v) is 4.81. The number of Topliss-reactive ketones (excluding diaryl/α,β-unsaturated/α-hetero) is 1. The van der Waals surface area contributed by atoms with Crippen LogP contribution in [0.3, 0.4) is 0 Å². The normalized spacial score (nSPS) is 30.1. The van der Waals surface area contributed by atoms with Crippen LogP contribution >= 0.6 is 0 Å². The zero-order chi connectivity index (χ0) is 16.3. The van der Waals surface area contributed by atoms with Crippen LogP contribution in [-0.4, -0.2) is 55.8 Å². The maximum atomic E-state index is 12.1. The molecule has 22 heavy (non-hydrogen) atoms. The second-order valence-corrected chi connectivity index (χ2v) is 5.79. The molecule has 0 spiro atoms. The smallest absolute Gasteiger partial charge is 0.453 e. The van der Waals surface area contributed by atoms with Gasteiger partial charge in [-0.05, 0) is 11.8 Å². The Bertz CT molecular complexity index is 451. The van der Waals surface area contributed by atoms with Crippen molar-refractivity contribution in [3.05, 3.63) is 0 Å². The van der Waals surface area contributed by atoms with Gasteiger partial charge in [-0.3, -0.25) is 4.79 Å². The van der Waals surface area contributed by atoms with Gasteiger partial charge >= 0.3 is 12.2 Å². The number of rotatable bonds is 4. The zero-order valence-corrected chi connectivity index (χ0v) is 13.2. The lowest BCUT2D eigenvalue weighted by Gasteiger charge is -2.29. The molecule has 0 aromatic rings. The molecule has 2 fully saturated rings. The van der Waals surface area contributed by atoms with E-state index in [4.69, 9.17) is 9.47 Å². The van der Waals surface area contributed by atoms with Crippen molar-refractivity contribution < 1.29 is 28.6 Å². The van der Waals surface area contributed by atoms with Crippen molar-refractivity contribution in [1.82, 2.24) is 4.90 Å². The number of likely N-dealkylation sites (tertiary alicyclic amines) is 1. The highest BCUT2D eigenvalue weighted by molar-refractivity contribution is 5.82. The van der Waals surface area contributed by atoms with Gasteiger partial charge in [0, 0.05) is 31.3 Å². The first-order valence-corrected chi connectivity index (χ1v) is 7.62. The van der Waals surface area contributed by atoms with Crippen LogP contribution in [0.4, 0.5) is 9.59 Å². The van der Waals surface area contributed by atoms with Crippen LogP contribution in [0, 0.1) is 11.8 Å². The van der Waals surface area contributed by atoms with Crippen LogP contribution in [0.2, 0.25) is 0 Å². The van der Waals surface area contributed by atoms with Gasteiger partial charge in [-0.1, -0.05) is 13.3 Å². The van der Waals surface area contributed by atoms with E-state index in [2.05, 4.69) is 11.7 Å². The number of fused-ring (bicyclic) bond motifs is 2. The fraction of sp³-hybridized carbons (Fsp3) is 0.800. The van der Waals surface area contributed by atoms with Crippen molar-refractivity contribution in [3.63, 3.8) is 0 Å². The summed E-state index contributed by atoms with van der Waals surface area (Å²) in [6, 6.07) is -0.245. The van der Waals surface area contributed by atoms with E-state index in [1.165, 1.54) is 14.2 Å². The lowest BCUT2D eigenvalue weighted by atomic mass is 9.75. The summed E-state index contributed by atoms with van der Waals surface area (Å²) in [5.74, 6) is 0.585. The summed E-state index contributed by atoms with van der Waals surface area (Å²) in [7, 11) is 2.59. The maximum absolute atomic E-state index is 12.1. The molecular weight excluding hydrogens is 290 g/mol. The highest BCUT2D eigenvalue weighted by Crippen LogP contribution is 2.46. The van der Waals surface area contributed by atoms with E-state index < -0.39 is 12.2 Å². The molecular formula is C15H23NO6. The van der Waals surface area contributed by atoms with Gasteiger partial charge < -0.3 is 19.1 Å². The lowest BCUT2D eigenvalue weighted by molar-refractivity contribution is -0.122. The van der Waals surface area contributed by atoms with Crippen molar-refractivity contribution in [2.75, 3.05) is 20.8 Å². The minimum absolute atomic E-state index is 0.105. The van der Waals surface area contributed by atoms with Crippen molar-refractivity contribution in [1.29, 1.82) is 0 Å². The van der Waals surface area contributed by atoms with Crippen molar-refractivity contribution in [2.45, 2.75) is 44.7 Å². The predicted molar refractivity (Wildman–Crippen MR) is 76.3 cm³/mol. The molecule has 7 heteroatoms. The molecule has 1 heterocycles. The van der Waals surface area contributed by atoms with E-state index in [9.17, 15) is 14.4 Å². The molecule has 2 rings (SSSR count). The Balaban J connectivity index is 2.14. The Morgan fingerprint density at radius 3 is 2.55 bits per heavy atom. The first-order chi connectivity index (χ1) is 10.5. The third-order valence-electron chi connectivity index (χ3n) is 4.81. The number of carbonyl (C=O) groups is 3. The number of ketones is 1. The van der Waals surface area contributed by atoms with Crippen molar-refractivity contribution >= 4 is 18.0 Å². The van der Waals surface area contributed by atoms with E-state index in [1.54, 1.807) is 4.90 Å². The van der Waals surface area contributed by atoms with Gasteiger partial charge in [-0.25, -0.2) is 9.59 Å². The van der Waals surface area contributed by atoms with E-state index in [-0.39, 0.29) is 30.4 Å². The van der Waals surface area contributed by atoms with Gasteiger partial charge in [-0.15, -0.1) is 0 Å². The second-order valence-electron chi connectivity index (χ2n) is 5.79. The molecule has 1 amide bonds. The second kappa shape index (κ2) is 6.98. The van der Waals surface area contributed by atoms with Crippen LogP contribution in [0.15, 0.2) is 0 Å². The number of ether oxygens (including phenoxy) is 3. The van der Waals surface area contributed by atoms with E-state index in [0.29, 0.717) is 25.2 Å². The summed E-state index contributed by atoms with van der Waals surface area (Å²) >= 11 is 0. The van der Waals surface area contributed by atoms with Gasteiger partial charge in [-0.2, -0.15) is 0 Å². The molecule has 0 radical (unpaired) electrons. The molecule has 1 saturated heterocycles. The van der Waals surface area contributed by atoms with Gasteiger partial charge in [0.1, 0.15) is 5.78 Å². The van der Waals surface area contributed by atoms with Crippen LogP contribution in [0.25, 0.3) is 0 Å². The molecule has 1 aliphatic heterocycles. The molecule has 2 aliphatic rings. The lowest BCUT2D eigenvalue weighted by Crippen LogP contribution is -2.43. The van der Waals surface area contributed by atoms with Crippen LogP contribution in [0.1, 0.15) is 32.6 Å². The average Bonchev–Trinajstić information content (AvgIpc) is 2.70. The van der Waals surface area contributed by atoms with Gasteiger partial charge in [0.2, 0.25) is 0 Å². The number of methoxy groups -OCH3 is 2. The molecule has 124 valence electrons. The largest absolute Gasteiger partial charge is 0.507 e. The minimum Gasteiger partial charge on any atom is -0.453 e. The standard InChI is InChI=1S/C15H23NO6/c1-4-10-11-7-9(17)8-13(10)16(14(18)20-2)12(11)5-6-22-15(19)21-3/h10-13H,4-8H2,1-3H3/t10-,11+,12-,13-/m1/s1. The Kier molecular flexibility index (Phi) is 5.26. The fourth-order valence-corrected chi connectivity index (χ4v) is 3.97. The summed E-state index contributed by atoms with van der Waals surface area (Å²) in [4.78, 5) is 36.8. The van der Waals surface area contributed by atoms with E-state index in [1.807, 2.05) is 0 Å². The first kappa shape index (κ1) is 16.6. The average molecular weight is 313 g/mol. The highest BCUT2D eigenvalue weighted by Gasteiger charge is 2.54. The molecule has 1 aliphatic carbocycles. The number of carbonyl (C=O) groups excluding carboxylic acids is 3. The number of hydrogen-bond acceptors (Lipinski definition) is 6. The summed E-state index contributed by atoms with van der Waals surface area (Å²) < 4.78 is 14.3. The minimum atomic E-state index is -0.742. The number of amides is 1. The molecule has 0 aromatic carbocycles. The molecule has 4 atom stereocenters. The van der Waals surface area contributed by atoms with Crippen LogP contribution in [-0.2, 0) is 19.0 Å². The Morgan fingerprint density at radius 2 is 1.95 bits per heavy atom. The Morgan fingerprint density at radius 1 is 1.23 bits per heavy atom. The first-order valence-electron chi connectivity index (χ1n) is 7.62. The summed E-state index contributed by atoms with van der Waals surface area (Å²) in [6.07, 6.45) is 1.10. The third kappa shape index (κ3) is 3.03. The van der Waals surface area contributed by atoms with Gasteiger partial charge in [0.25, 0.3) is 0 Å². The van der Waals surface area contributed by atoms with Gasteiger partial charge in [0.05, 0.1) is 20.8 Å². The topological polar surface area (TPSA) is 82.1 Å². The Labute approximate surface area is 129 Å².